The van der Waals surface area contributed by atoms with Crippen LogP contribution in [0, 0.1) is 9.39 Å². The highest BCUT2D eigenvalue weighted by Gasteiger charge is 2.24. The minimum absolute atomic E-state index is 0.0889. The van der Waals surface area contributed by atoms with Gasteiger partial charge in [-0.3, -0.25) is 4.79 Å². The van der Waals surface area contributed by atoms with Crippen LogP contribution < -0.4 is 0 Å². The predicted molar refractivity (Wildman–Crippen MR) is 70.3 cm³/mol. The second kappa shape index (κ2) is 5.30. The fourth-order valence-corrected chi connectivity index (χ4v) is 2.46. The number of carbonyl (C=O) groups excluding carboxylic acids is 1. The SMILES string of the molecule is O=C(c1cc(I)ccc1F)N1CCC[C@@H](O)C1. The topological polar surface area (TPSA) is 40.5 Å². The van der Waals surface area contributed by atoms with Gasteiger partial charge in [-0.2, -0.15) is 0 Å². The van der Waals surface area contributed by atoms with Gasteiger partial charge in [-0.25, -0.2) is 4.39 Å². The molecule has 1 aromatic carbocycles. The second-order valence-corrected chi connectivity index (χ2v) is 5.42. The fourth-order valence-electron chi connectivity index (χ4n) is 1.97. The first-order valence-electron chi connectivity index (χ1n) is 5.50. The summed E-state index contributed by atoms with van der Waals surface area (Å²) in [5.74, 6) is -0.838. The average Bonchev–Trinajstić information content (AvgIpc) is 2.31. The lowest BCUT2D eigenvalue weighted by Gasteiger charge is -2.30. The molecule has 2 rings (SSSR count). The molecule has 1 aromatic rings. The molecule has 1 N–H and O–H groups in total. The molecule has 1 aliphatic heterocycles. The molecule has 1 fully saturated rings. The Labute approximate surface area is 113 Å². The molecule has 1 atom stereocenters. The van der Waals surface area contributed by atoms with Crippen LogP contribution >= 0.6 is 22.6 Å². The van der Waals surface area contributed by atoms with Gasteiger partial charge in [0, 0.05) is 16.7 Å². The summed E-state index contributed by atoms with van der Waals surface area (Å²) in [7, 11) is 0. The van der Waals surface area contributed by atoms with E-state index in [1.165, 1.54) is 11.0 Å². The lowest BCUT2D eigenvalue weighted by molar-refractivity contribution is 0.0470. The lowest BCUT2D eigenvalue weighted by atomic mass is 10.1. The van der Waals surface area contributed by atoms with Crippen LogP contribution in [0.15, 0.2) is 18.2 Å². The standard InChI is InChI=1S/C12H13FINO2/c13-11-4-3-8(14)6-10(11)12(17)15-5-1-2-9(16)7-15/h3-4,6,9,16H,1-2,5,7H2/t9-/m1/s1. The first-order valence-corrected chi connectivity index (χ1v) is 6.58. The molecule has 1 amide bonds. The van der Waals surface area contributed by atoms with E-state index in [1.54, 1.807) is 12.1 Å². The van der Waals surface area contributed by atoms with Crippen molar-refractivity contribution < 1.29 is 14.3 Å². The van der Waals surface area contributed by atoms with Crippen molar-refractivity contribution >= 4 is 28.5 Å². The summed E-state index contributed by atoms with van der Waals surface area (Å²) in [6, 6.07) is 4.46. The summed E-state index contributed by atoms with van der Waals surface area (Å²) in [5.41, 5.74) is 0.0889. The molecule has 0 bridgehead atoms. The van der Waals surface area contributed by atoms with Gasteiger partial charge in [0.05, 0.1) is 11.7 Å². The van der Waals surface area contributed by atoms with Crippen LogP contribution in [0.1, 0.15) is 23.2 Å². The zero-order valence-electron chi connectivity index (χ0n) is 9.20. The molecule has 1 saturated heterocycles. The quantitative estimate of drug-likeness (QED) is 0.789. The summed E-state index contributed by atoms with van der Waals surface area (Å²) >= 11 is 2.04. The van der Waals surface area contributed by atoms with Crippen LogP contribution in [-0.2, 0) is 0 Å². The molecule has 0 spiro atoms. The van der Waals surface area contributed by atoms with Gasteiger partial charge in [0.2, 0.25) is 0 Å². The monoisotopic (exact) mass is 349 g/mol. The van der Waals surface area contributed by atoms with E-state index in [1.807, 2.05) is 22.6 Å². The highest BCUT2D eigenvalue weighted by molar-refractivity contribution is 14.1. The van der Waals surface area contributed by atoms with E-state index in [9.17, 15) is 14.3 Å². The van der Waals surface area contributed by atoms with Crippen LogP contribution in [0.25, 0.3) is 0 Å². The Morgan fingerprint density at radius 2 is 2.29 bits per heavy atom. The molecule has 0 radical (unpaired) electrons. The molecular formula is C12H13FINO2. The Kier molecular flexibility index (Phi) is 3.98. The second-order valence-electron chi connectivity index (χ2n) is 4.17. The number of rotatable bonds is 1. The van der Waals surface area contributed by atoms with Crippen molar-refractivity contribution in [2.75, 3.05) is 13.1 Å². The predicted octanol–water partition coefficient (Wildman–Crippen LogP) is 2.03. The maximum Gasteiger partial charge on any atom is 0.256 e. The van der Waals surface area contributed by atoms with Crippen molar-refractivity contribution in [1.29, 1.82) is 0 Å². The van der Waals surface area contributed by atoms with Crippen molar-refractivity contribution in [2.45, 2.75) is 18.9 Å². The first-order chi connectivity index (χ1) is 8.08. The van der Waals surface area contributed by atoms with Crippen molar-refractivity contribution in [3.8, 4) is 0 Å². The van der Waals surface area contributed by atoms with E-state index in [0.717, 1.165) is 9.99 Å². The summed E-state index contributed by atoms with van der Waals surface area (Å²) < 4.78 is 14.4. The van der Waals surface area contributed by atoms with Crippen LogP contribution in [0.5, 0.6) is 0 Å². The minimum atomic E-state index is -0.504. The lowest BCUT2D eigenvalue weighted by Crippen LogP contribution is -2.42. The molecule has 3 nitrogen and oxygen atoms in total. The number of aliphatic hydroxyl groups is 1. The number of benzene rings is 1. The van der Waals surface area contributed by atoms with Gasteiger partial charge in [0.25, 0.3) is 5.91 Å². The largest absolute Gasteiger partial charge is 0.391 e. The van der Waals surface area contributed by atoms with Crippen LogP contribution in [-0.4, -0.2) is 35.1 Å². The number of likely N-dealkylation sites (tertiary alicyclic amines) is 1. The molecule has 0 aliphatic carbocycles. The van der Waals surface area contributed by atoms with Gasteiger partial charge < -0.3 is 10.0 Å². The Morgan fingerprint density at radius 1 is 1.53 bits per heavy atom. The van der Waals surface area contributed by atoms with Crippen LogP contribution in [0.3, 0.4) is 0 Å². The van der Waals surface area contributed by atoms with Gasteiger partial charge in [-0.05, 0) is 53.6 Å². The number of amides is 1. The van der Waals surface area contributed by atoms with Crippen LogP contribution in [0.4, 0.5) is 4.39 Å². The number of aliphatic hydroxyl groups excluding tert-OH is 1. The summed E-state index contributed by atoms with van der Waals surface area (Å²) in [6.07, 6.45) is 0.982. The Hall–Kier alpha value is -0.690. The highest BCUT2D eigenvalue weighted by atomic mass is 127. The highest BCUT2D eigenvalue weighted by Crippen LogP contribution is 2.18. The molecule has 92 valence electrons. The number of carbonyl (C=O) groups is 1. The molecule has 0 saturated carbocycles. The van der Waals surface area contributed by atoms with Crippen molar-refractivity contribution in [3.05, 3.63) is 33.1 Å². The molecule has 5 heteroatoms. The smallest absolute Gasteiger partial charge is 0.256 e. The van der Waals surface area contributed by atoms with E-state index >= 15 is 0 Å². The third-order valence-electron chi connectivity index (χ3n) is 2.84. The van der Waals surface area contributed by atoms with E-state index in [2.05, 4.69) is 0 Å². The Morgan fingerprint density at radius 3 is 3.00 bits per heavy atom. The zero-order chi connectivity index (χ0) is 12.4. The maximum absolute atomic E-state index is 13.6. The number of β-amino-alcohol motifs (C(OH)–C–C–N with tert-alkyl or cyclic N) is 1. The van der Waals surface area contributed by atoms with Gasteiger partial charge in [-0.1, -0.05) is 0 Å². The number of halogens is 2. The molecule has 0 unspecified atom stereocenters. The number of hydrogen-bond donors (Lipinski definition) is 1. The molecule has 17 heavy (non-hydrogen) atoms. The van der Waals surface area contributed by atoms with Crippen molar-refractivity contribution in [3.63, 3.8) is 0 Å². The van der Waals surface area contributed by atoms with Gasteiger partial charge in [0.1, 0.15) is 5.82 Å². The third-order valence-corrected chi connectivity index (χ3v) is 3.51. The minimum Gasteiger partial charge on any atom is -0.391 e. The number of piperidine rings is 1. The first kappa shape index (κ1) is 12.8. The molecule has 0 aromatic heterocycles. The average molecular weight is 349 g/mol. The fraction of sp³-hybridized carbons (Fsp3) is 0.417. The van der Waals surface area contributed by atoms with Gasteiger partial charge in [0.15, 0.2) is 0 Å². The van der Waals surface area contributed by atoms with E-state index in [4.69, 9.17) is 0 Å². The summed E-state index contributed by atoms with van der Waals surface area (Å²) in [4.78, 5) is 13.6. The Balaban J connectivity index is 2.21. The molecule has 1 aliphatic rings. The summed E-state index contributed by atoms with van der Waals surface area (Å²) in [6.45, 7) is 0.880. The van der Waals surface area contributed by atoms with E-state index in [-0.39, 0.29) is 11.5 Å². The van der Waals surface area contributed by atoms with E-state index in [0.29, 0.717) is 19.5 Å². The normalized spacial score (nSPS) is 20.4. The van der Waals surface area contributed by atoms with Gasteiger partial charge >= 0.3 is 0 Å². The van der Waals surface area contributed by atoms with Gasteiger partial charge in [-0.15, -0.1) is 0 Å². The third kappa shape index (κ3) is 2.95. The Bertz CT molecular complexity index is 439. The number of hydrogen-bond acceptors (Lipinski definition) is 2. The molecular weight excluding hydrogens is 336 g/mol. The van der Waals surface area contributed by atoms with Crippen molar-refractivity contribution in [2.24, 2.45) is 0 Å². The van der Waals surface area contributed by atoms with Crippen LogP contribution in [0.2, 0.25) is 0 Å². The summed E-state index contributed by atoms with van der Waals surface area (Å²) in [5, 5.41) is 9.51. The maximum atomic E-state index is 13.6. The zero-order valence-corrected chi connectivity index (χ0v) is 11.4. The number of nitrogens with zero attached hydrogens (tertiary/aromatic N) is 1. The van der Waals surface area contributed by atoms with E-state index < -0.39 is 11.9 Å². The van der Waals surface area contributed by atoms with Crippen molar-refractivity contribution in [1.82, 2.24) is 4.90 Å². The molecule has 1 heterocycles.